The van der Waals surface area contributed by atoms with Crippen molar-refractivity contribution < 1.29 is 6.22 Å². The van der Waals surface area contributed by atoms with Crippen LogP contribution in [-0.2, 0) is 4.79 Å². The second-order valence-corrected chi connectivity index (χ2v) is 4.40. The Morgan fingerprint density at radius 2 is 1.75 bits per heavy atom. The molecule has 88 valence electrons. The number of benzene rings is 1. The molecule has 0 fully saturated rings. The zero-order valence-corrected chi connectivity index (χ0v) is 10.4. The van der Waals surface area contributed by atoms with E-state index in [2.05, 4.69) is 0 Å². The van der Waals surface area contributed by atoms with E-state index in [1.165, 1.54) is 5.56 Å². The lowest BCUT2D eigenvalue weighted by molar-refractivity contribution is -0.113. The fourth-order valence-corrected chi connectivity index (χ4v) is 1.80. The molecule has 0 bridgehead atoms. The van der Waals surface area contributed by atoms with E-state index < -0.39 is 0 Å². The number of hydrogen-bond acceptors (Lipinski definition) is 2. The predicted octanol–water partition coefficient (Wildman–Crippen LogP) is 3.16. The Labute approximate surface area is 98.6 Å². The van der Waals surface area contributed by atoms with Crippen molar-refractivity contribution in [1.82, 2.24) is 0 Å². The minimum atomic E-state index is 0. The monoisotopic (exact) mass is 219 g/mol. The summed E-state index contributed by atoms with van der Waals surface area (Å²) in [6, 6.07) is 7.91. The molecule has 0 aliphatic heterocycles. The van der Waals surface area contributed by atoms with Crippen LogP contribution in [0, 0.1) is 12.8 Å². The molecule has 1 aromatic carbocycles. The molecule has 2 heteroatoms. The van der Waals surface area contributed by atoms with Gasteiger partial charge in [0.25, 0.3) is 0 Å². The number of Topliss-reactive ketones (excluding diaryl/α,β-unsaturated/α-hetero) is 1. The summed E-state index contributed by atoms with van der Waals surface area (Å²) in [6.07, 6.45) is 0. The summed E-state index contributed by atoms with van der Waals surface area (Å²) >= 11 is 0. The molecule has 0 unspecified atom stereocenters. The number of aryl methyl sites for hydroxylation is 1. The van der Waals surface area contributed by atoms with Crippen molar-refractivity contribution in [2.24, 2.45) is 11.7 Å². The summed E-state index contributed by atoms with van der Waals surface area (Å²) in [7, 11) is 0. The van der Waals surface area contributed by atoms with Crippen LogP contribution in [0.3, 0.4) is 0 Å². The topological polar surface area (TPSA) is 43.1 Å². The number of hydrogen-bond donors (Lipinski definition) is 1. The van der Waals surface area contributed by atoms with Gasteiger partial charge in [-0.2, -0.15) is 0 Å². The second-order valence-electron chi connectivity index (χ2n) is 4.40. The highest BCUT2D eigenvalue weighted by atomic mass is 16.1. The van der Waals surface area contributed by atoms with Crippen LogP contribution < -0.4 is 5.73 Å². The molecule has 0 saturated heterocycles. The maximum Gasteiger partial charge on any atom is 0.158 e. The van der Waals surface area contributed by atoms with Gasteiger partial charge in [-0.25, -0.2) is 0 Å². The lowest BCUT2D eigenvalue weighted by atomic mass is 9.94. The van der Waals surface area contributed by atoms with Crippen LogP contribution >= 0.6 is 0 Å². The number of ketones is 1. The van der Waals surface area contributed by atoms with Crippen molar-refractivity contribution in [3.63, 3.8) is 0 Å². The Hall–Kier alpha value is -1.57. The summed E-state index contributed by atoms with van der Waals surface area (Å²) in [5.41, 5.74) is 9.47. The quantitative estimate of drug-likeness (QED) is 0.793. The number of carbonyl (C=O) groups excluding carboxylic acids is 1. The molecule has 1 rings (SSSR count). The largest absolute Gasteiger partial charge is 0.398 e. The van der Waals surface area contributed by atoms with Gasteiger partial charge in [-0.3, -0.25) is 4.79 Å². The average Bonchev–Trinajstić information content (AvgIpc) is 2.17. The first-order valence-electron chi connectivity index (χ1n) is 5.51. The van der Waals surface area contributed by atoms with Crippen molar-refractivity contribution in [2.75, 3.05) is 0 Å². The fraction of sp³-hybridized carbons (Fsp3) is 0.357. The molecular weight excluding hydrogens is 198 g/mol. The standard InChI is InChI=1S/C14H19NO.H2/c1-9(2)13(11(4)16)14(15)12-7-5-10(3)6-8-12;/h5-9H,15H2,1-4H3;1H/b14-13-;. The molecule has 0 atom stereocenters. The second kappa shape index (κ2) is 4.97. The molecule has 1 aromatic rings. The van der Waals surface area contributed by atoms with E-state index in [4.69, 9.17) is 5.73 Å². The fourth-order valence-electron chi connectivity index (χ4n) is 1.80. The Morgan fingerprint density at radius 3 is 2.12 bits per heavy atom. The highest BCUT2D eigenvalue weighted by Crippen LogP contribution is 2.21. The van der Waals surface area contributed by atoms with Gasteiger partial charge in [0.2, 0.25) is 0 Å². The van der Waals surface area contributed by atoms with Crippen molar-refractivity contribution in [3.05, 3.63) is 41.0 Å². The molecule has 0 aromatic heterocycles. The summed E-state index contributed by atoms with van der Waals surface area (Å²) < 4.78 is 0. The molecule has 0 heterocycles. The SMILES string of the molecule is CC(=O)/C(=C(\N)c1ccc(C)cc1)C(C)C.[HH]. The predicted molar refractivity (Wildman–Crippen MR) is 69.9 cm³/mol. The molecule has 0 aliphatic carbocycles. The molecule has 2 N–H and O–H groups in total. The van der Waals surface area contributed by atoms with Gasteiger partial charge in [-0.15, -0.1) is 0 Å². The smallest absolute Gasteiger partial charge is 0.158 e. The summed E-state index contributed by atoms with van der Waals surface area (Å²) in [5, 5.41) is 0. The summed E-state index contributed by atoms with van der Waals surface area (Å²) in [6.45, 7) is 7.56. The highest BCUT2D eigenvalue weighted by Gasteiger charge is 2.14. The maximum atomic E-state index is 11.5. The van der Waals surface area contributed by atoms with Gasteiger partial charge in [0.15, 0.2) is 5.78 Å². The lowest BCUT2D eigenvalue weighted by Gasteiger charge is -2.13. The van der Waals surface area contributed by atoms with Gasteiger partial charge in [-0.05, 0) is 25.3 Å². The van der Waals surface area contributed by atoms with Gasteiger partial charge in [0, 0.05) is 12.7 Å². The van der Waals surface area contributed by atoms with Crippen LogP contribution in [-0.4, -0.2) is 5.78 Å². The summed E-state index contributed by atoms with van der Waals surface area (Å²) in [4.78, 5) is 11.5. The molecular formula is C14H21NO. The molecule has 0 radical (unpaired) electrons. The van der Waals surface area contributed by atoms with E-state index in [0.717, 1.165) is 5.56 Å². The van der Waals surface area contributed by atoms with Crippen LogP contribution in [0.1, 0.15) is 33.3 Å². The minimum absolute atomic E-state index is 0. The first-order valence-corrected chi connectivity index (χ1v) is 5.51. The van der Waals surface area contributed by atoms with Gasteiger partial charge in [0.05, 0.1) is 0 Å². The Balaban J connectivity index is 0.00000256. The van der Waals surface area contributed by atoms with E-state index in [0.29, 0.717) is 11.3 Å². The molecule has 0 amide bonds. The molecule has 16 heavy (non-hydrogen) atoms. The van der Waals surface area contributed by atoms with Crippen molar-refractivity contribution in [3.8, 4) is 0 Å². The average molecular weight is 219 g/mol. The third kappa shape index (κ3) is 2.72. The zero-order valence-electron chi connectivity index (χ0n) is 10.4. The number of nitrogens with two attached hydrogens (primary N) is 1. The first-order chi connectivity index (χ1) is 7.43. The number of rotatable bonds is 3. The van der Waals surface area contributed by atoms with Crippen LogP contribution in [0.4, 0.5) is 0 Å². The third-order valence-electron chi connectivity index (χ3n) is 2.61. The van der Waals surface area contributed by atoms with Gasteiger partial charge < -0.3 is 5.73 Å². The third-order valence-corrected chi connectivity index (χ3v) is 2.61. The Morgan fingerprint density at radius 1 is 1.25 bits per heavy atom. The van der Waals surface area contributed by atoms with Crippen molar-refractivity contribution in [1.29, 1.82) is 0 Å². The van der Waals surface area contributed by atoms with E-state index in [1.54, 1.807) is 6.92 Å². The highest BCUT2D eigenvalue weighted by molar-refractivity contribution is 6.00. The van der Waals surface area contributed by atoms with Crippen LogP contribution in [0.15, 0.2) is 29.8 Å². The van der Waals surface area contributed by atoms with Crippen LogP contribution in [0.25, 0.3) is 5.70 Å². The molecule has 0 spiro atoms. The van der Waals surface area contributed by atoms with E-state index >= 15 is 0 Å². The van der Waals surface area contributed by atoms with Crippen LogP contribution in [0.5, 0.6) is 0 Å². The van der Waals surface area contributed by atoms with Gasteiger partial charge >= 0.3 is 0 Å². The minimum Gasteiger partial charge on any atom is -0.398 e. The molecule has 0 aliphatic rings. The molecule has 0 saturated carbocycles. The van der Waals surface area contributed by atoms with E-state index in [1.807, 2.05) is 45.0 Å². The normalized spacial score (nSPS) is 12.6. The van der Waals surface area contributed by atoms with Crippen LogP contribution in [0.2, 0.25) is 0 Å². The van der Waals surface area contributed by atoms with Crippen molar-refractivity contribution >= 4 is 11.5 Å². The molecule has 2 nitrogen and oxygen atoms in total. The Kier molecular flexibility index (Phi) is 3.88. The van der Waals surface area contributed by atoms with E-state index in [9.17, 15) is 4.79 Å². The Bertz CT molecular complexity index is 418. The zero-order chi connectivity index (χ0) is 12.3. The number of carbonyl (C=O) groups is 1. The van der Waals surface area contributed by atoms with Crippen molar-refractivity contribution in [2.45, 2.75) is 27.7 Å². The van der Waals surface area contributed by atoms with E-state index in [-0.39, 0.29) is 13.1 Å². The lowest BCUT2D eigenvalue weighted by Crippen LogP contribution is -2.12. The number of allylic oxidation sites excluding steroid dienone is 1. The van der Waals surface area contributed by atoms with Gasteiger partial charge in [0.1, 0.15) is 0 Å². The maximum absolute atomic E-state index is 11.5. The summed E-state index contributed by atoms with van der Waals surface area (Å²) in [5.74, 6) is 0.201. The van der Waals surface area contributed by atoms with Gasteiger partial charge in [-0.1, -0.05) is 43.7 Å². The first kappa shape index (κ1) is 12.5.